The van der Waals surface area contributed by atoms with Crippen LogP contribution in [0.3, 0.4) is 0 Å². The van der Waals surface area contributed by atoms with Crippen LogP contribution < -0.4 is 15.5 Å². The van der Waals surface area contributed by atoms with E-state index in [0.717, 1.165) is 10.7 Å². The quantitative estimate of drug-likeness (QED) is 0.130. The van der Waals surface area contributed by atoms with E-state index in [1.165, 1.54) is 30.3 Å². The van der Waals surface area contributed by atoms with Crippen molar-refractivity contribution in [3.63, 3.8) is 0 Å². The maximum atomic E-state index is 12.5. The fourth-order valence-corrected chi connectivity index (χ4v) is 3.10. The van der Waals surface area contributed by atoms with E-state index < -0.39 is 22.2 Å². The van der Waals surface area contributed by atoms with Gasteiger partial charge in [0.25, 0.3) is 11.6 Å². The number of carbonyl (C=O) groups is 3. The molecule has 3 aromatic rings. The number of hydrazone groups is 1. The van der Waals surface area contributed by atoms with Gasteiger partial charge in [-0.1, -0.05) is 36.7 Å². The number of ether oxygens (including phenoxy) is 1. The van der Waals surface area contributed by atoms with E-state index in [1.54, 1.807) is 57.2 Å². The molecule has 0 spiro atoms. The SMILES string of the molecule is CC(C)(C)C(=O)Nc1ccc(C(=O)N/N=C/c2cc([N+](=O)[O-])ccc2OC(=O)c2ccc(Br)cc2)cc1. The molecule has 2 amide bonds. The van der Waals surface area contributed by atoms with Crippen LogP contribution in [0.1, 0.15) is 47.1 Å². The molecule has 0 saturated carbocycles. The summed E-state index contributed by atoms with van der Waals surface area (Å²) < 4.78 is 6.19. The minimum Gasteiger partial charge on any atom is -0.422 e. The number of carbonyl (C=O) groups excluding carboxylic acids is 3. The van der Waals surface area contributed by atoms with Gasteiger partial charge in [-0.25, -0.2) is 10.2 Å². The molecule has 0 aliphatic carbocycles. The standard InChI is InChI=1S/C26H23BrN4O6/c1-26(2,3)25(34)29-20-10-6-16(7-11-20)23(32)30-28-15-18-14-21(31(35)36)12-13-22(18)37-24(33)17-4-8-19(27)9-5-17/h4-15H,1-3H3,(H,29,34)(H,30,32)/b28-15+. The molecule has 0 aliphatic heterocycles. The second kappa shape index (κ2) is 11.6. The van der Waals surface area contributed by atoms with Crippen LogP contribution >= 0.6 is 15.9 Å². The molecule has 190 valence electrons. The van der Waals surface area contributed by atoms with Crippen LogP contribution in [-0.2, 0) is 4.79 Å². The molecule has 2 N–H and O–H groups in total. The van der Waals surface area contributed by atoms with Crippen LogP contribution in [0.4, 0.5) is 11.4 Å². The number of hydrogen-bond acceptors (Lipinski definition) is 7. The fourth-order valence-electron chi connectivity index (χ4n) is 2.84. The monoisotopic (exact) mass is 566 g/mol. The maximum absolute atomic E-state index is 12.5. The molecule has 0 heterocycles. The number of anilines is 1. The van der Waals surface area contributed by atoms with Crippen molar-refractivity contribution in [2.45, 2.75) is 20.8 Å². The maximum Gasteiger partial charge on any atom is 0.343 e. The van der Waals surface area contributed by atoms with Crippen LogP contribution in [-0.4, -0.2) is 28.9 Å². The Morgan fingerprint density at radius 2 is 1.59 bits per heavy atom. The molecule has 0 aromatic heterocycles. The van der Waals surface area contributed by atoms with Gasteiger partial charge in [-0.2, -0.15) is 5.10 Å². The number of nitrogens with zero attached hydrogens (tertiary/aromatic N) is 2. The molecule has 0 radical (unpaired) electrons. The number of hydrogen-bond donors (Lipinski definition) is 2. The third-order valence-electron chi connectivity index (χ3n) is 4.94. The zero-order chi connectivity index (χ0) is 27.2. The summed E-state index contributed by atoms with van der Waals surface area (Å²) in [5, 5.41) is 17.8. The minimum absolute atomic E-state index is 0.0236. The first kappa shape index (κ1) is 27.2. The summed E-state index contributed by atoms with van der Waals surface area (Å²) in [6.07, 6.45) is 1.15. The lowest BCUT2D eigenvalue weighted by atomic mass is 9.95. The Labute approximate surface area is 221 Å². The summed E-state index contributed by atoms with van der Waals surface area (Å²) in [4.78, 5) is 47.7. The largest absolute Gasteiger partial charge is 0.422 e. The first-order chi connectivity index (χ1) is 17.4. The van der Waals surface area contributed by atoms with Crippen molar-refractivity contribution >= 4 is 51.3 Å². The predicted octanol–water partition coefficient (Wildman–Crippen LogP) is 5.33. The topological polar surface area (TPSA) is 140 Å². The lowest BCUT2D eigenvalue weighted by Gasteiger charge is -2.17. The molecule has 3 rings (SSSR count). The van der Waals surface area contributed by atoms with E-state index in [0.29, 0.717) is 5.69 Å². The third kappa shape index (κ3) is 7.55. The Morgan fingerprint density at radius 3 is 2.19 bits per heavy atom. The lowest BCUT2D eigenvalue weighted by Crippen LogP contribution is -2.27. The Kier molecular flexibility index (Phi) is 8.51. The summed E-state index contributed by atoms with van der Waals surface area (Å²) in [7, 11) is 0. The molecule has 3 aromatic carbocycles. The van der Waals surface area contributed by atoms with Gasteiger partial charge >= 0.3 is 5.97 Å². The molecule has 0 aliphatic rings. The van der Waals surface area contributed by atoms with Crippen molar-refractivity contribution in [2.24, 2.45) is 10.5 Å². The molecule has 0 saturated heterocycles. The molecule has 37 heavy (non-hydrogen) atoms. The first-order valence-corrected chi connectivity index (χ1v) is 11.7. The fraction of sp³-hybridized carbons (Fsp3) is 0.154. The van der Waals surface area contributed by atoms with E-state index >= 15 is 0 Å². The number of amides is 2. The number of esters is 1. The van der Waals surface area contributed by atoms with Gasteiger partial charge in [0, 0.05) is 38.8 Å². The normalized spacial score (nSPS) is 11.1. The number of non-ortho nitro benzene ring substituents is 1. The van der Waals surface area contributed by atoms with Gasteiger partial charge < -0.3 is 10.1 Å². The molecule has 10 nitrogen and oxygen atoms in total. The number of nitro benzene ring substituents is 1. The second-order valence-electron chi connectivity index (χ2n) is 8.86. The van der Waals surface area contributed by atoms with Gasteiger partial charge in [0.05, 0.1) is 16.7 Å². The number of nitrogens with one attached hydrogen (secondary N) is 2. The van der Waals surface area contributed by atoms with Gasteiger partial charge in [0.1, 0.15) is 5.75 Å². The third-order valence-corrected chi connectivity index (χ3v) is 5.47. The Morgan fingerprint density at radius 1 is 0.973 bits per heavy atom. The smallest absolute Gasteiger partial charge is 0.343 e. The Bertz CT molecular complexity index is 1360. The molecule has 0 unspecified atom stereocenters. The molecular weight excluding hydrogens is 544 g/mol. The van der Waals surface area contributed by atoms with Crippen molar-refractivity contribution < 1.29 is 24.0 Å². The highest BCUT2D eigenvalue weighted by Gasteiger charge is 2.21. The first-order valence-electron chi connectivity index (χ1n) is 10.9. The predicted molar refractivity (Wildman–Crippen MR) is 142 cm³/mol. The van der Waals surface area contributed by atoms with Gasteiger partial charge in [-0.3, -0.25) is 19.7 Å². The summed E-state index contributed by atoms with van der Waals surface area (Å²) in [5.74, 6) is -1.36. The zero-order valence-corrected chi connectivity index (χ0v) is 21.7. The Hall–Kier alpha value is -4.38. The molecule has 0 fully saturated rings. The summed E-state index contributed by atoms with van der Waals surface area (Å²) in [6.45, 7) is 5.37. The number of rotatable bonds is 7. The van der Waals surface area contributed by atoms with E-state index in [1.807, 2.05) is 0 Å². The second-order valence-corrected chi connectivity index (χ2v) is 9.77. The van der Waals surface area contributed by atoms with E-state index in [4.69, 9.17) is 4.74 Å². The highest BCUT2D eigenvalue weighted by atomic mass is 79.9. The number of halogens is 1. The van der Waals surface area contributed by atoms with Crippen LogP contribution in [0.2, 0.25) is 0 Å². The summed E-state index contributed by atoms with van der Waals surface area (Å²) in [6, 6.07) is 16.3. The highest BCUT2D eigenvalue weighted by Crippen LogP contribution is 2.24. The number of nitro groups is 1. The number of benzene rings is 3. The minimum atomic E-state index is -0.668. The van der Waals surface area contributed by atoms with Crippen molar-refractivity contribution in [1.82, 2.24) is 5.43 Å². The van der Waals surface area contributed by atoms with Crippen molar-refractivity contribution in [1.29, 1.82) is 0 Å². The van der Waals surface area contributed by atoms with Crippen molar-refractivity contribution in [3.8, 4) is 5.75 Å². The van der Waals surface area contributed by atoms with Gasteiger partial charge in [0.15, 0.2) is 0 Å². The highest BCUT2D eigenvalue weighted by molar-refractivity contribution is 9.10. The summed E-state index contributed by atoms with van der Waals surface area (Å²) >= 11 is 3.29. The van der Waals surface area contributed by atoms with Crippen molar-refractivity contribution in [3.05, 3.63) is 98.0 Å². The molecule has 0 atom stereocenters. The average Bonchev–Trinajstić information content (AvgIpc) is 2.85. The Balaban J connectivity index is 1.72. The van der Waals surface area contributed by atoms with E-state index in [9.17, 15) is 24.5 Å². The van der Waals surface area contributed by atoms with Gasteiger partial charge in [-0.15, -0.1) is 0 Å². The molecule has 11 heteroatoms. The van der Waals surface area contributed by atoms with Crippen LogP contribution in [0.15, 0.2) is 76.3 Å². The van der Waals surface area contributed by atoms with Crippen LogP contribution in [0, 0.1) is 15.5 Å². The van der Waals surface area contributed by atoms with Crippen LogP contribution in [0.5, 0.6) is 5.75 Å². The lowest BCUT2D eigenvalue weighted by molar-refractivity contribution is -0.384. The average molecular weight is 567 g/mol. The summed E-state index contributed by atoms with van der Waals surface area (Å²) in [5.41, 5.74) is 2.71. The van der Waals surface area contributed by atoms with Gasteiger partial charge in [-0.05, 0) is 54.6 Å². The zero-order valence-electron chi connectivity index (χ0n) is 20.2. The van der Waals surface area contributed by atoms with Crippen LogP contribution in [0.25, 0.3) is 0 Å². The van der Waals surface area contributed by atoms with Crippen molar-refractivity contribution in [2.75, 3.05) is 5.32 Å². The van der Waals surface area contributed by atoms with E-state index in [2.05, 4.69) is 31.8 Å². The van der Waals surface area contributed by atoms with E-state index in [-0.39, 0.29) is 34.0 Å². The van der Waals surface area contributed by atoms with Gasteiger partial charge in [0.2, 0.25) is 5.91 Å². The molecular formula is C26H23BrN4O6. The molecule has 0 bridgehead atoms.